The number of nitrogens with one attached hydrogen (secondary N) is 2. The number of aromatic nitrogens is 2. The molecule has 2 N–H and O–H groups in total. The first-order valence-corrected chi connectivity index (χ1v) is 7.35. The van der Waals surface area contributed by atoms with E-state index in [-0.39, 0.29) is 5.91 Å². The monoisotopic (exact) mass is 298 g/mol. The summed E-state index contributed by atoms with van der Waals surface area (Å²) >= 11 is 0. The summed E-state index contributed by atoms with van der Waals surface area (Å²) in [5, 5.41) is 6.00. The molecule has 0 radical (unpaired) electrons. The number of carbonyl (C=O) groups is 1. The van der Waals surface area contributed by atoms with E-state index in [0.29, 0.717) is 18.3 Å². The van der Waals surface area contributed by atoms with Gasteiger partial charge in [0, 0.05) is 18.1 Å². The van der Waals surface area contributed by atoms with Gasteiger partial charge >= 0.3 is 6.01 Å². The number of nitrogens with zero attached hydrogens (tertiary/aromatic N) is 2. The molecular formula is C16H18N4O2. The van der Waals surface area contributed by atoms with Crippen molar-refractivity contribution in [1.29, 1.82) is 0 Å². The van der Waals surface area contributed by atoms with Gasteiger partial charge in [0.1, 0.15) is 5.75 Å². The highest BCUT2D eigenvalue weighted by molar-refractivity contribution is 5.92. The van der Waals surface area contributed by atoms with E-state index in [1.54, 1.807) is 42.7 Å². The summed E-state index contributed by atoms with van der Waals surface area (Å²) < 4.78 is 5.49. The zero-order chi connectivity index (χ0) is 15.2. The van der Waals surface area contributed by atoms with E-state index >= 15 is 0 Å². The Morgan fingerprint density at radius 1 is 1.18 bits per heavy atom. The molecule has 114 valence electrons. The molecule has 6 nitrogen and oxygen atoms in total. The number of hydrogen-bond acceptors (Lipinski definition) is 5. The summed E-state index contributed by atoms with van der Waals surface area (Å²) in [6, 6.07) is 9.13. The standard InChI is InChI=1S/C16H18N4O2/c21-15(11-17-10-12-2-3-12)20-13-4-6-14(7-5-13)22-16-18-8-1-9-19-16/h1,4-9,12,17H,2-3,10-11H2,(H,20,21). The molecular weight excluding hydrogens is 280 g/mol. The van der Waals surface area contributed by atoms with Crippen LogP contribution in [0.25, 0.3) is 0 Å². The highest BCUT2D eigenvalue weighted by Gasteiger charge is 2.20. The molecule has 1 saturated carbocycles. The Morgan fingerprint density at radius 3 is 2.59 bits per heavy atom. The average Bonchev–Trinajstić information content (AvgIpc) is 3.35. The fourth-order valence-electron chi connectivity index (χ4n) is 1.97. The Bertz CT molecular complexity index is 612. The molecule has 0 saturated heterocycles. The fraction of sp³-hybridized carbons (Fsp3) is 0.312. The van der Waals surface area contributed by atoms with E-state index in [9.17, 15) is 4.79 Å². The van der Waals surface area contributed by atoms with E-state index in [0.717, 1.165) is 18.2 Å². The van der Waals surface area contributed by atoms with Crippen LogP contribution in [0.4, 0.5) is 5.69 Å². The molecule has 0 bridgehead atoms. The Balaban J connectivity index is 1.47. The van der Waals surface area contributed by atoms with Crippen LogP contribution in [0.2, 0.25) is 0 Å². The zero-order valence-electron chi connectivity index (χ0n) is 12.2. The van der Waals surface area contributed by atoms with Crippen molar-refractivity contribution in [2.45, 2.75) is 12.8 Å². The number of amides is 1. The van der Waals surface area contributed by atoms with Crippen molar-refractivity contribution in [3.8, 4) is 11.8 Å². The predicted molar refractivity (Wildman–Crippen MR) is 82.8 cm³/mol. The Morgan fingerprint density at radius 2 is 1.91 bits per heavy atom. The van der Waals surface area contributed by atoms with Gasteiger partial charge in [-0.05, 0) is 55.6 Å². The van der Waals surface area contributed by atoms with Gasteiger partial charge in [-0.25, -0.2) is 9.97 Å². The van der Waals surface area contributed by atoms with Crippen molar-refractivity contribution in [3.05, 3.63) is 42.7 Å². The minimum absolute atomic E-state index is 0.0410. The van der Waals surface area contributed by atoms with Crippen molar-refractivity contribution in [3.63, 3.8) is 0 Å². The maximum Gasteiger partial charge on any atom is 0.321 e. The molecule has 22 heavy (non-hydrogen) atoms. The van der Waals surface area contributed by atoms with Crippen LogP contribution in [0.1, 0.15) is 12.8 Å². The summed E-state index contributed by atoms with van der Waals surface area (Å²) in [5.41, 5.74) is 0.736. The first-order valence-electron chi connectivity index (χ1n) is 7.35. The third-order valence-corrected chi connectivity index (χ3v) is 3.30. The molecule has 1 aromatic heterocycles. The molecule has 1 heterocycles. The maximum absolute atomic E-state index is 11.8. The first kappa shape index (κ1) is 14.5. The molecule has 1 aliphatic rings. The number of hydrogen-bond donors (Lipinski definition) is 2. The van der Waals surface area contributed by atoms with Crippen LogP contribution in [-0.2, 0) is 4.79 Å². The minimum Gasteiger partial charge on any atom is -0.424 e. The zero-order valence-corrected chi connectivity index (χ0v) is 12.2. The molecule has 0 unspecified atom stereocenters. The van der Waals surface area contributed by atoms with Crippen molar-refractivity contribution >= 4 is 11.6 Å². The molecule has 0 spiro atoms. The van der Waals surface area contributed by atoms with E-state index < -0.39 is 0 Å². The smallest absolute Gasteiger partial charge is 0.321 e. The Hall–Kier alpha value is -2.47. The van der Waals surface area contributed by atoms with Gasteiger partial charge in [-0.15, -0.1) is 0 Å². The van der Waals surface area contributed by atoms with Crippen molar-refractivity contribution in [2.75, 3.05) is 18.4 Å². The molecule has 0 aliphatic heterocycles. The molecule has 2 aromatic rings. The van der Waals surface area contributed by atoms with Crippen LogP contribution in [-0.4, -0.2) is 29.0 Å². The van der Waals surface area contributed by atoms with E-state index in [1.807, 2.05) is 0 Å². The van der Waals surface area contributed by atoms with Crippen molar-refractivity contribution in [1.82, 2.24) is 15.3 Å². The fourth-order valence-corrected chi connectivity index (χ4v) is 1.97. The molecule has 0 atom stereocenters. The van der Waals surface area contributed by atoms with Crippen molar-refractivity contribution < 1.29 is 9.53 Å². The number of carbonyl (C=O) groups excluding carboxylic acids is 1. The average molecular weight is 298 g/mol. The van der Waals surface area contributed by atoms with E-state index in [2.05, 4.69) is 20.6 Å². The van der Waals surface area contributed by atoms with Crippen LogP contribution in [0, 0.1) is 5.92 Å². The third-order valence-electron chi connectivity index (χ3n) is 3.30. The normalized spacial score (nSPS) is 13.6. The third kappa shape index (κ3) is 4.53. The largest absolute Gasteiger partial charge is 0.424 e. The highest BCUT2D eigenvalue weighted by Crippen LogP contribution is 2.27. The SMILES string of the molecule is O=C(CNCC1CC1)Nc1ccc(Oc2ncccn2)cc1. The van der Waals surface area contributed by atoms with Gasteiger partial charge in [0.15, 0.2) is 0 Å². The predicted octanol–water partition coefficient (Wildman–Crippen LogP) is 2.21. The minimum atomic E-state index is -0.0410. The second kappa shape index (κ2) is 7.00. The van der Waals surface area contributed by atoms with Gasteiger partial charge in [0.05, 0.1) is 6.54 Å². The topological polar surface area (TPSA) is 76.1 Å². The quantitative estimate of drug-likeness (QED) is 0.819. The highest BCUT2D eigenvalue weighted by atomic mass is 16.5. The summed E-state index contributed by atoms with van der Waals surface area (Å²) in [5.74, 6) is 1.35. The lowest BCUT2D eigenvalue weighted by Crippen LogP contribution is -2.29. The number of ether oxygens (including phenoxy) is 1. The second-order valence-electron chi connectivity index (χ2n) is 5.28. The lowest BCUT2D eigenvalue weighted by molar-refractivity contribution is -0.115. The van der Waals surface area contributed by atoms with Crippen LogP contribution in [0.15, 0.2) is 42.7 Å². The lowest BCUT2D eigenvalue weighted by Gasteiger charge is -2.07. The number of benzene rings is 1. The van der Waals surface area contributed by atoms with Gasteiger partial charge in [-0.2, -0.15) is 0 Å². The molecule has 3 rings (SSSR count). The molecule has 1 amide bonds. The van der Waals surface area contributed by atoms with Crippen LogP contribution in [0.5, 0.6) is 11.8 Å². The van der Waals surface area contributed by atoms with Gasteiger partial charge in [0.25, 0.3) is 0 Å². The summed E-state index contributed by atoms with van der Waals surface area (Å²) in [4.78, 5) is 19.7. The first-order chi connectivity index (χ1) is 10.8. The molecule has 1 aromatic carbocycles. The second-order valence-corrected chi connectivity index (χ2v) is 5.28. The maximum atomic E-state index is 11.8. The van der Waals surface area contributed by atoms with Crippen LogP contribution in [0.3, 0.4) is 0 Å². The van der Waals surface area contributed by atoms with Crippen LogP contribution < -0.4 is 15.4 Å². The summed E-state index contributed by atoms with van der Waals surface area (Å²) in [6.07, 6.45) is 5.79. The lowest BCUT2D eigenvalue weighted by atomic mass is 10.3. The molecule has 1 fully saturated rings. The van der Waals surface area contributed by atoms with Gasteiger partial charge < -0.3 is 15.4 Å². The van der Waals surface area contributed by atoms with Gasteiger partial charge in [0.2, 0.25) is 5.91 Å². The number of rotatable bonds is 7. The number of anilines is 1. The van der Waals surface area contributed by atoms with Crippen molar-refractivity contribution in [2.24, 2.45) is 5.92 Å². The van der Waals surface area contributed by atoms with Gasteiger partial charge in [-0.3, -0.25) is 4.79 Å². The van der Waals surface area contributed by atoms with Gasteiger partial charge in [-0.1, -0.05) is 0 Å². The Kier molecular flexibility index (Phi) is 4.60. The van der Waals surface area contributed by atoms with E-state index in [1.165, 1.54) is 12.8 Å². The Labute approximate surface area is 128 Å². The molecule has 6 heteroatoms. The summed E-state index contributed by atoms with van der Waals surface area (Å²) in [6.45, 7) is 1.27. The van der Waals surface area contributed by atoms with E-state index in [4.69, 9.17) is 4.74 Å². The summed E-state index contributed by atoms with van der Waals surface area (Å²) in [7, 11) is 0. The van der Waals surface area contributed by atoms with Crippen LogP contribution >= 0.6 is 0 Å². The molecule has 1 aliphatic carbocycles.